The third-order valence-electron chi connectivity index (χ3n) is 4.85. The Balaban J connectivity index is 2.45. The molecule has 1 unspecified atom stereocenters. The van der Waals surface area contributed by atoms with Gasteiger partial charge in [-0.3, -0.25) is 4.79 Å². The minimum Gasteiger partial charge on any atom is -0.481 e. The van der Waals surface area contributed by atoms with E-state index in [9.17, 15) is 14.7 Å². The second-order valence-corrected chi connectivity index (χ2v) is 6.33. The van der Waals surface area contributed by atoms with Gasteiger partial charge >= 0.3 is 12.0 Å². The Morgan fingerprint density at radius 1 is 1.25 bits per heavy atom. The predicted octanol–water partition coefficient (Wildman–Crippen LogP) is 2.56. The summed E-state index contributed by atoms with van der Waals surface area (Å²) in [5.74, 6) is 0.252. The highest BCUT2D eigenvalue weighted by Gasteiger charge is 2.40. The molecule has 116 valence electrons. The van der Waals surface area contributed by atoms with Gasteiger partial charge in [0.15, 0.2) is 0 Å². The van der Waals surface area contributed by atoms with Crippen molar-refractivity contribution >= 4 is 12.0 Å². The highest BCUT2D eigenvalue weighted by Crippen LogP contribution is 2.35. The Bertz CT molecular complexity index is 347. The molecule has 1 saturated heterocycles. The van der Waals surface area contributed by atoms with Crippen LogP contribution in [0.1, 0.15) is 47.0 Å². The maximum absolute atomic E-state index is 12.1. The number of amides is 2. The van der Waals surface area contributed by atoms with Gasteiger partial charge < -0.3 is 15.3 Å². The molecule has 0 aromatic carbocycles. The van der Waals surface area contributed by atoms with Crippen LogP contribution in [0.5, 0.6) is 0 Å². The zero-order valence-corrected chi connectivity index (χ0v) is 13.1. The van der Waals surface area contributed by atoms with Crippen molar-refractivity contribution in [2.45, 2.75) is 47.0 Å². The largest absolute Gasteiger partial charge is 0.481 e. The van der Waals surface area contributed by atoms with Gasteiger partial charge in [-0.25, -0.2) is 4.79 Å². The van der Waals surface area contributed by atoms with Crippen molar-refractivity contribution in [1.82, 2.24) is 10.2 Å². The molecule has 0 bridgehead atoms. The third-order valence-corrected chi connectivity index (χ3v) is 4.85. The molecule has 0 aliphatic carbocycles. The minimum atomic E-state index is -0.728. The first-order valence-corrected chi connectivity index (χ1v) is 7.58. The first kappa shape index (κ1) is 16.8. The van der Waals surface area contributed by atoms with E-state index in [1.807, 2.05) is 6.92 Å². The van der Waals surface area contributed by atoms with Crippen LogP contribution in [0.15, 0.2) is 0 Å². The van der Waals surface area contributed by atoms with Gasteiger partial charge in [0.05, 0.1) is 5.41 Å². The Hall–Kier alpha value is -1.26. The van der Waals surface area contributed by atoms with Crippen LogP contribution in [0.4, 0.5) is 4.79 Å². The molecule has 1 aliphatic rings. The zero-order valence-electron chi connectivity index (χ0n) is 13.1. The normalized spacial score (nSPS) is 19.8. The van der Waals surface area contributed by atoms with Crippen molar-refractivity contribution in [3.63, 3.8) is 0 Å². The molecule has 0 spiro atoms. The molecule has 5 heteroatoms. The van der Waals surface area contributed by atoms with Gasteiger partial charge in [0.2, 0.25) is 0 Å². The van der Waals surface area contributed by atoms with E-state index >= 15 is 0 Å². The molecular weight excluding hydrogens is 256 g/mol. The topological polar surface area (TPSA) is 69.6 Å². The molecule has 0 aromatic heterocycles. The summed E-state index contributed by atoms with van der Waals surface area (Å²) in [7, 11) is 0. The smallest absolute Gasteiger partial charge is 0.317 e. The number of carboxylic acid groups (broad SMARTS) is 1. The molecule has 1 rings (SSSR count). The van der Waals surface area contributed by atoms with E-state index in [1.165, 1.54) is 0 Å². The highest BCUT2D eigenvalue weighted by molar-refractivity contribution is 5.77. The van der Waals surface area contributed by atoms with Gasteiger partial charge in [0.25, 0.3) is 0 Å². The van der Waals surface area contributed by atoms with Crippen LogP contribution >= 0.6 is 0 Å². The van der Waals surface area contributed by atoms with E-state index < -0.39 is 11.4 Å². The van der Waals surface area contributed by atoms with Crippen molar-refractivity contribution in [2.24, 2.45) is 17.3 Å². The molecule has 20 heavy (non-hydrogen) atoms. The number of carbonyl (C=O) groups excluding carboxylic acids is 1. The molecular formula is C15H28N2O3. The molecule has 0 aromatic rings. The Morgan fingerprint density at radius 2 is 1.80 bits per heavy atom. The van der Waals surface area contributed by atoms with Crippen LogP contribution in [-0.4, -0.2) is 41.6 Å². The number of hydrogen-bond acceptors (Lipinski definition) is 2. The van der Waals surface area contributed by atoms with Crippen LogP contribution in [0.25, 0.3) is 0 Å². The van der Waals surface area contributed by atoms with Gasteiger partial charge in [0.1, 0.15) is 0 Å². The van der Waals surface area contributed by atoms with E-state index in [0.29, 0.717) is 50.7 Å². The van der Waals surface area contributed by atoms with E-state index in [0.717, 1.165) is 0 Å². The molecule has 5 nitrogen and oxygen atoms in total. The monoisotopic (exact) mass is 284 g/mol. The average Bonchev–Trinajstić information content (AvgIpc) is 2.43. The maximum Gasteiger partial charge on any atom is 0.317 e. The van der Waals surface area contributed by atoms with Gasteiger partial charge in [-0.1, -0.05) is 27.7 Å². The van der Waals surface area contributed by atoms with Crippen LogP contribution in [-0.2, 0) is 4.79 Å². The van der Waals surface area contributed by atoms with E-state index in [2.05, 4.69) is 26.1 Å². The van der Waals surface area contributed by atoms with Gasteiger partial charge in [0, 0.05) is 19.6 Å². The predicted molar refractivity (Wildman–Crippen MR) is 78.6 cm³/mol. The summed E-state index contributed by atoms with van der Waals surface area (Å²) in [6.07, 6.45) is 1.72. The summed E-state index contributed by atoms with van der Waals surface area (Å²) in [4.78, 5) is 25.2. The number of likely N-dealkylation sites (tertiary alicyclic amines) is 1. The number of carbonyl (C=O) groups is 2. The molecule has 1 atom stereocenters. The lowest BCUT2D eigenvalue weighted by molar-refractivity contribution is -0.151. The molecule has 1 aliphatic heterocycles. The summed E-state index contributed by atoms with van der Waals surface area (Å²) in [6.45, 7) is 10.0. The second kappa shape index (κ2) is 6.95. The number of rotatable bonds is 5. The van der Waals surface area contributed by atoms with Crippen molar-refractivity contribution in [2.75, 3.05) is 19.6 Å². The van der Waals surface area contributed by atoms with Gasteiger partial charge in [-0.15, -0.1) is 0 Å². The van der Waals surface area contributed by atoms with Crippen molar-refractivity contribution in [3.8, 4) is 0 Å². The number of aliphatic carboxylic acids is 1. The summed E-state index contributed by atoms with van der Waals surface area (Å²) >= 11 is 0. The number of nitrogens with one attached hydrogen (secondary N) is 1. The lowest BCUT2D eigenvalue weighted by Gasteiger charge is -2.38. The van der Waals surface area contributed by atoms with Crippen LogP contribution in [0.2, 0.25) is 0 Å². The summed E-state index contributed by atoms with van der Waals surface area (Å²) in [5.41, 5.74) is -0.637. The van der Waals surface area contributed by atoms with E-state index in [1.54, 1.807) is 4.90 Å². The fourth-order valence-electron chi connectivity index (χ4n) is 2.45. The Morgan fingerprint density at radius 3 is 2.20 bits per heavy atom. The summed E-state index contributed by atoms with van der Waals surface area (Å²) in [5, 5.41) is 12.3. The summed E-state index contributed by atoms with van der Waals surface area (Å²) in [6, 6.07) is -0.0624. The fraction of sp³-hybridized carbons (Fsp3) is 0.867. The standard InChI is InChI=1S/C15H28N2O3/c1-5-15(13(18)19)6-8-17(9-7-15)14(20)16-10-12(4)11(2)3/h11-12H,5-10H2,1-4H3,(H,16,20)(H,18,19). The first-order chi connectivity index (χ1) is 9.32. The molecule has 2 amide bonds. The van der Waals surface area contributed by atoms with Crippen molar-refractivity contribution < 1.29 is 14.7 Å². The SMILES string of the molecule is CCC1(C(=O)O)CCN(C(=O)NCC(C)C(C)C)CC1. The van der Waals surface area contributed by atoms with Gasteiger partial charge in [-0.2, -0.15) is 0 Å². The molecule has 0 radical (unpaired) electrons. The van der Waals surface area contributed by atoms with Crippen molar-refractivity contribution in [1.29, 1.82) is 0 Å². The Kier molecular flexibility index (Phi) is 5.84. The Labute approximate surface area is 121 Å². The number of urea groups is 1. The van der Waals surface area contributed by atoms with Crippen LogP contribution < -0.4 is 5.32 Å². The van der Waals surface area contributed by atoms with Crippen LogP contribution in [0, 0.1) is 17.3 Å². The zero-order chi connectivity index (χ0) is 15.3. The number of carboxylic acids is 1. The lowest BCUT2D eigenvalue weighted by atomic mass is 9.76. The molecule has 2 N–H and O–H groups in total. The maximum atomic E-state index is 12.1. The lowest BCUT2D eigenvalue weighted by Crippen LogP contribution is -2.50. The average molecular weight is 284 g/mol. The molecule has 1 fully saturated rings. The number of nitrogens with zero attached hydrogens (tertiary/aromatic N) is 1. The van der Waals surface area contributed by atoms with Crippen LogP contribution in [0.3, 0.4) is 0 Å². The van der Waals surface area contributed by atoms with Gasteiger partial charge in [-0.05, 0) is 31.1 Å². The fourth-order valence-corrected chi connectivity index (χ4v) is 2.45. The van der Waals surface area contributed by atoms with Crippen molar-refractivity contribution in [3.05, 3.63) is 0 Å². The molecule has 0 saturated carbocycles. The quantitative estimate of drug-likeness (QED) is 0.815. The van der Waals surface area contributed by atoms with E-state index in [4.69, 9.17) is 0 Å². The number of hydrogen-bond donors (Lipinski definition) is 2. The minimum absolute atomic E-state index is 0.0624. The first-order valence-electron chi connectivity index (χ1n) is 7.58. The number of piperidine rings is 1. The second-order valence-electron chi connectivity index (χ2n) is 6.33. The van der Waals surface area contributed by atoms with E-state index in [-0.39, 0.29) is 6.03 Å². The summed E-state index contributed by atoms with van der Waals surface area (Å²) < 4.78 is 0. The third kappa shape index (κ3) is 3.87. The molecule has 1 heterocycles. The highest BCUT2D eigenvalue weighted by atomic mass is 16.4.